The van der Waals surface area contributed by atoms with Crippen LogP contribution < -0.4 is 18.9 Å². The van der Waals surface area contributed by atoms with Crippen molar-refractivity contribution in [1.29, 1.82) is 0 Å². The fourth-order valence-electron chi connectivity index (χ4n) is 2.82. The van der Waals surface area contributed by atoms with E-state index >= 15 is 0 Å². The molecule has 0 aliphatic carbocycles. The van der Waals surface area contributed by atoms with E-state index in [4.69, 9.17) is 28.4 Å². The maximum absolute atomic E-state index is 13.1. The van der Waals surface area contributed by atoms with Gasteiger partial charge >= 0.3 is 0 Å². The first-order valence-electron chi connectivity index (χ1n) is 8.34. The van der Waals surface area contributed by atoms with Crippen LogP contribution in [0.1, 0.15) is 22.0 Å². The molecular formula is C20H22O7. The molecule has 1 fully saturated rings. The Morgan fingerprint density at radius 2 is 1.59 bits per heavy atom. The molecule has 0 aromatic heterocycles. The summed E-state index contributed by atoms with van der Waals surface area (Å²) in [6.45, 7) is -0.00989. The van der Waals surface area contributed by atoms with E-state index in [1.807, 2.05) is 24.3 Å². The van der Waals surface area contributed by atoms with Crippen molar-refractivity contribution in [2.75, 3.05) is 35.2 Å². The number of carbonyl (C=O) groups is 1. The molecule has 2 atom stereocenters. The lowest BCUT2D eigenvalue weighted by molar-refractivity contribution is 0.0497. The van der Waals surface area contributed by atoms with Crippen LogP contribution in [0.15, 0.2) is 36.4 Å². The van der Waals surface area contributed by atoms with Crippen LogP contribution in [0.3, 0.4) is 0 Å². The molecule has 0 N–H and O–H groups in total. The molecular weight excluding hydrogens is 352 g/mol. The van der Waals surface area contributed by atoms with Gasteiger partial charge in [-0.15, -0.1) is 0 Å². The third-order valence-electron chi connectivity index (χ3n) is 4.27. The zero-order valence-electron chi connectivity index (χ0n) is 15.7. The SMILES string of the molecule is COCOc1cc(OC)cc(OC)c1C(=O)[C@@H]1O[C@H]1c1ccc(OC)cc1. The highest BCUT2D eigenvalue weighted by molar-refractivity contribution is 6.06. The summed E-state index contributed by atoms with van der Waals surface area (Å²) in [6, 6.07) is 10.7. The molecule has 7 heteroatoms. The number of ketones is 1. The summed E-state index contributed by atoms with van der Waals surface area (Å²) in [4.78, 5) is 13.1. The standard InChI is InChI=1S/C20H22O7/c1-22-11-26-16-10-14(24-3)9-15(25-4)17(16)18(21)20-19(27-20)12-5-7-13(23-2)8-6-12/h5-10,19-20H,11H2,1-4H3/t19-,20-/m0/s1. The van der Waals surface area contributed by atoms with Crippen LogP contribution in [0.25, 0.3) is 0 Å². The number of hydrogen-bond acceptors (Lipinski definition) is 7. The van der Waals surface area contributed by atoms with Crippen LogP contribution in [0.4, 0.5) is 0 Å². The molecule has 2 aromatic rings. The molecule has 1 aliphatic rings. The molecule has 0 spiro atoms. The molecule has 27 heavy (non-hydrogen) atoms. The third-order valence-corrected chi connectivity index (χ3v) is 4.27. The van der Waals surface area contributed by atoms with Gasteiger partial charge in [-0.05, 0) is 17.7 Å². The van der Waals surface area contributed by atoms with Crippen molar-refractivity contribution < 1.29 is 33.2 Å². The van der Waals surface area contributed by atoms with Crippen molar-refractivity contribution in [3.63, 3.8) is 0 Å². The van der Waals surface area contributed by atoms with Gasteiger partial charge in [0.2, 0.25) is 5.78 Å². The molecule has 1 saturated heterocycles. The predicted molar refractivity (Wildman–Crippen MR) is 97.0 cm³/mol. The second-order valence-corrected chi connectivity index (χ2v) is 5.87. The Hall–Kier alpha value is -2.77. The fraction of sp³-hybridized carbons (Fsp3) is 0.350. The first-order valence-corrected chi connectivity index (χ1v) is 8.34. The summed E-state index contributed by atoms with van der Waals surface area (Å²) in [5.41, 5.74) is 1.21. The smallest absolute Gasteiger partial charge is 0.202 e. The zero-order chi connectivity index (χ0) is 19.4. The highest BCUT2D eigenvalue weighted by atomic mass is 16.7. The second kappa shape index (κ2) is 8.28. The third kappa shape index (κ3) is 3.99. The van der Waals surface area contributed by atoms with E-state index in [1.165, 1.54) is 21.3 Å². The molecule has 1 aliphatic heterocycles. The van der Waals surface area contributed by atoms with E-state index in [0.29, 0.717) is 22.8 Å². The molecule has 0 unspecified atom stereocenters. The monoisotopic (exact) mass is 374 g/mol. The maximum atomic E-state index is 13.1. The summed E-state index contributed by atoms with van der Waals surface area (Å²) in [5, 5.41) is 0. The Morgan fingerprint density at radius 1 is 0.926 bits per heavy atom. The summed E-state index contributed by atoms with van der Waals surface area (Å²) >= 11 is 0. The topological polar surface area (TPSA) is 75.8 Å². The molecule has 144 valence electrons. The van der Waals surface area contributed by atoms with E-state index in [9.17, 15) is 4.79 Å². The van der Waals surface area contributed by atoms with Gasteiger partial charge in [-0.1, -0.05) is 12.1 Å². The molecule has 0 amide bonds. The zero-order valence-corrected chi connectivity index (χ0v) is 15.7. The molecule has 3 rings (SSSR count). The predicted octanol–water partition coefficient (Wildman–Crippen LogP) is 3.02. The summed E-state index contributed by atoms with van der Waals surface area (Å²) in [5.74, 6) is 1.71. The minimum absolute atomic E-state index is 0.00989. The molecule has 1 heterocycles. The highest BCUT2D eigenvalue weighted by Gasteiger charge is 2.48. The van der Waals surface area contributed by atoms with Crippen LogP contribution in [0, 0.1) is 0 Å². The van der Waals surface area contributed by atoms with Crippen LogP contribution in [-0.2, 0) is 9.47 Å². The number of ether oxygens (including phenoxy) is 6. The quantitative estimate of drug-likeness (QED) is 0.379. The average Bonchev–Trinajstić information content (AvgIpc) is 3.51. The van der Waals surface area contributed by atoms with Crippen molar-refractivity contribution in [3.8, 4) is 23.0 Å². The first kappa shape index (κ1) is 19.0. The maximum Gasteiger partial charge on any atom is 0.202 e. The van der Waals surface area contributed by atoms with Crippen LogP contribution in [-0.4, -0.2) is 47.1 Å². The lowest BCUT2D eigenvalue weighted by Gasteiger charge is -2.15. The van der Waals surface area contributed by atoms with Gasteiger partial charge in [0.15, 0.2) is 12.9 Å². The molecule has 0 saturated carbocycles. The van der Waals surface area contributed by atoms with Gasteiger partial charge in [-0.2, -0.15) is 0 Å². The lowest BCUT2D eigenvalue weighted by Crippen LogP contribution is -2.13. The number of methoxy groups -OCH3 is 4. The largest absolute Gasteiger partial charge is 0.497 e. The lowest BCUT2D eigenvalue weighted by atomic mass is 10.0. The first-order chi connectivity index (χ1) is 13.1. The molecule has 7 nitrogen and oxygen atoms in total. The molecule has 2 aromatic carbocycles. The molecule has 0 bridgehead atoms. The summed E-state index contributed by atoms with van der Waals surface area (Å²) < 4.78 is 32.0. The Balaban J connectivity index is 1.87. The van der Waals surface area contributed by atoms with E-state index in [-0.39, 0.29) is 18.7 Å². The van der Waals surface area contributed by atoms with Crippen molar-refractivity contribution in [2.45, 2.75) is 12.2 Å². The van der Waals surface area contributed by atoms with Crippen LogP contribution >= 0.6 is 0 Å². The molecule has 0 radical (unpaired) electrons. The number of epoxide rings is 1. The number of Topliss-reactive ketones (excluding diaryl/α,β-unsaturated/α-hetero) is 1. The van der Waals surface area contributed by atoms with Gasteiger partial charge in [-0.25, -0.2) is 0 Å². The van der Waals surface area contributed by atoms with E-state index in [2.05, 4.69) is 0 Å². The van der Waals surface area contributed by atoms with Gasteiger partial charge in [0, 0.05) is 19.2 Å². The number of rotatable bonds is 9. The van der Waals surface area contributed by atoms with Crippen LogP contribution in [0.2, 0.25) is 0 Å². The Kier molecular flexibility index (Phi) is 5.83. The number of benzene rings is 2. The Bertz CT molecular complexity index is 801. The van der Waals surface area contributed by atoms with Crippen molar-refractivity contribution >= 4 is 5.78 Å². The van der Waals surface area contributed by atoms with Crippen molar-refractivity contribution in [1.82, 2.24) is 0 Å². The van der Waals surface area contributed by atoms with Crippen molar-refractivity contribution in [3.05, 3.63) is 47.5 Å². The number of hydrogen-bond donors (Lipinski definition) is 0. The van der Waals surface area contributed by atoms with Gasteiger partial charge < -0.3 is 28.4 Å². The summed E-state index contributed by atoms with van der Waals surface area (Å²) in [7, 11) is 6.12. The Labute approximate surface area is 157 Å². The minimum Gasteiger partial charge on any atom is -0.497 e. The number of carbonyl (C=O) groups excluding carboxylic acids is 1. The fourth-order valence-corrected chi connectivity index (χ4v) is 2.82. The van der Waals surface area contributed by atoms with Gasteiger partial charge in [0.05, 0.1) is 21.3 Å². The second-order valence-electron chi connectivity index (χ2n) is 5.87. The average molecular weight is 374 g/mol. The van der Waals surface area contributed by atoms with Gasteiger partial charge in [0.1, 0.15) is 34.7 Å². The van der Waals surface area contributed by atoms with Gasteiger partial charge in [0.25, 0.3) is 0 Å². The van der Waals surface area contributed by atoms with E-state index in [1.54, 1.807) is 19.2 Å². The van der Waals surface area contributed by atoms with Crippen LogP contribution in [0.5, 0.6) is 23.0 Å². The highest BCUT2D eigenvalue weighted by Crippen LogP contribution is 2.45. The van der Waals surface area contributed by atoms with E-state index in [0.717, 1.165) is 11.3 Å². The summed E-state index contributed by atoms with van der Waals surface area (Å²) in [6.07, 6.45) is -0.920. The van der Waals surface area contributed by atoms with Gasteiger partial charge in [-0.3, -0.25) is 4.79 Å². The van der Waals surface area contributed by atoms with E-state index < -0.39 is 6.10 Å². The normalized spacial score (nSPS) is 17.9. The Morgan fingerprint density at radius 3 is 2.19 bits per heavy atom. The van der Waals surface area contributed by atoms with Crippen molar-refractivity contribution in [2.24, 2.45) is 0 Å². The minimum atomic E-state index is -0.606.